The van der Waals surface area contributed by atoms with E-state index in [0.717, 1.165) is 26.2 Å². The smallest absolute Gasteiger partial charge is 0.229 e. The summed E-state index contributed by atoms with van der Waals surface area (Å²) < 4.78 is 0. The Labute approximate surface area is 108 Å². The van der Waals surface area contributed by atoms with Crippen LogP contribution in [-0.4, -0.2) is 60.4 Å². The van der Waals surface area contributed by atoms with Crippen molar-refractivity contribution < 1.29 is 9.59 Å². The van der Waals surface area contributed by atoms with Crippen molar-refractivity contribution in [3.8, 4) is 0 Å². The van der Waals surface area contributed by atoms with Crippen molar-refractivity contribution in [2.24, 2.45) is 0 Å². The summed E-state index contributed by atoms with van der Waals surface area (Å²) in [4.78, 5) is 26.8. The maximum atomic E-state index is 11.5. The van der Waals surface area contributed by atoms with Gasteiger partial charge in [0, 0.05) is 38.5 Å². The molecule has 18 heavy (non-hydrogen) atoms. The monoisotopic (exact) mass is 253 g/mol. The number of nitrogens with one attached hydrogen (secondary N) is 1. The molecule has 1 atom stereocenters. The number of carbonyl (C=O) groups excluding carboxylic acids is 2. The number of amides is 2. The Morgan fingerprint density at radius 1 is 1.33 bits per heavy atom. The number of hydrogen-bond donors (Lipinski definition) is 1. The van der Waals surface area contributed by atoms with Crippen molar-refractivity contribution in [2.75, 3.05) is 32.7 Å². The number of nitrogens with zero attached hydrogens (tertiary/aromatic N) is 2. The Morgan fingerprint density at radius 2 is 2.06 bits per heavy atom. The molecule has 0 saturated carbocycles. The lowest BCUT2D eigenvalue weighted by Gasteiger charge is -2.26. The number of rotatable bonds is 6. The van der Waals surface area contributed by atoms with E-state index in [4.69, 9.17) is 0 Å². The van der Waals surface area contributed by atoms with E-state index in [1.807, 2.05) is 0 Å². The Morgan fingerprint density at radius 3 is 2.61 bits per heavy atom. The molecule has 2 heterocycles. The van der Waals surface area contributed by atoms with E-state index < -0.39 is 0 Å². The van der Waals surface area contributed by atoms with Crippen LogP contribution < -0.4 is 5.32 Å². The summed E-state index contributed by atoms with van der Waals surface area (Å²) in [6.45, 7) is 6.58. The molecule has 2 saturated heterocycles. The zero-order valence-electron chi connectivity index (χ0n) is 11.2. The molecule has 2 amide bonds. The van der Waals surface area contributed by atoms with Gasteiger partial charge in [-0.15, -0.1) is 0 Å². The molecule has 0 aromatic rings. The lowest BCUT2D eigenvalue weighted by atomic mass is 10.2. The standard InChI is InChI=1S/C13H23N3O2/c1-2-15(10-11-4-3-7-14-11)8-9-16-12(17)5-6-13(16)18/h11,14H,2-10H2,1H3. The molecule has 2 aliphatic rings. The molecule has 1 N–H and O–H groups in total. The molecule has 5 nitrogen and oxygen atoms in total. The van der Waals surface area contributed by atoms with Crippen LogP contribution in [0.1, 0.15) is 32.6 Å². The number of likely N-dealkylation sites (N-methyl/N-ethyl adjacent to an activating group) is 1. The van der Waals surface area contributed by atoms with Gasteiger partial charge in [-0.1, -0.05) is 6.92 Å². The third kappa shape index (κ3) is 3.29. The summed E-state index contributed by atoms with van der Waals surface area (Å²) in [5.41, 5.74) is 0. The average molecular weight is 253 g/mol. The van der Waals surface area contributed by atoms with Gasteiger partial charge in [0.25, 0.3) is 0 Å². The van der Waals surface area contributed by atoms with Crippen molar-refractivity contribution in [1.29, 1.82) is 0 Å². The van der Waals surface area contributed by atoms with Gasteiger partial charge in [0.15, 0.2) is 0 Å². The minimum absolute atomic E-state index is 0.00459. The van der Waals surface area contributed by atoms with E-state index in [1.54, 1.807) is 0 Å². The maximum absolute atomic E-state index is 11.5. The summed E-state index contributed by atoms with van der Waals surface area (Å²) in [5.74, 6) is -0.00918. The lowest BCUT2D eigenvalue weighted by Crippen LogP contribution is -2.42. The van der Waals surface area contributed by atoms with Crippen molar-refractivity contribution in [3.05, 3.63) is 0 Å². The molecule has 0 aromatic heterocycles. The molecule has 0 aliphatic carbocycles. The summed E-state index contributed by atoms with van der Waals surface area (Å²) in [5, 5.41) is 3.48. The second kappa shape index (κ2) is 6.29. The van der Waals surface area contributed by atoms with Crippen LogP contribution in [0, 0.1) is 0 Å². The summed E-state index contributed by atoms with van der Waals surface area (Å²) in [7, 11) is 0. The molecule has 5 heteroatoms. The zero-order valence-corrected chi connectivity index (χ0v) is 11.2. The van der Waals surface area contributed by atoms with E-state index in [-0.39, 0.29) is 11.8 Å². The molecule has 2 fully saturated rings. The molecular weight excluding hydrogens is 230 g/mol. The first-order valence-corrected chi connectivity index (χ1v) is 6.99. The van der Waals surface area contributed by atoms with Crippen LogP contribution in [0.25, 0.3) is 0 Å². The largest absolute Gasteiger partial charge is 0.313 e. The quantitative estimate of drug-likeness (QED) is 0.688. The highest BCUT2D eigenvalue weighted by molar-refractivity contribution is 6.01. The highest BCUT2D eigenvalue weighted by Gasteiger charge is 2.28. The van der Waals surface area contributed by atoms with E-state index in [2.05, 4.69) is 17.1 Å². The van der Waals surface area contributed by atoms with Crippen molar-refractivity contribution in [2.45, 2.75) is 38.6 Å². The van der Waals surface area contributed by atoms with Crippen LogP contribution in [0.4, 0.5) is 0 Å². The van der Waals surface area contributed by atoms with Crippen molar-refractivity contribution in [3.63, 3.8) is 0 Å². The third-order valence-corrected chi connectivity index (χ3v) is 3.88. The fourth-order valence-electron chi connectivity index (χ4n) is 2.72. The van der Waals surface area contributed by atoms with Crippen LogP contribution in [0.15, 0.2) is 0 Å². The van der Waals surface area contributed by atoms with E-state index in [0.29, 0.717) is 25.4 Å². The van der Waals surface area contributed by atoms with E-state index >= 15 is 0 Å². The first kappa shape index (κ1) is 13.5. The van der Waals surface area contributed by atoms with Crippen LogP contribution in [-0.2, 0) is 9.59 Å². The molecule has 0 bridgehead atoms. The maximum Gasteiger partial charge on any atom is 0.229 e. The third-order valence-electron chi connectivity index (χ3n) is 3.88. The minimum atomic E-state index is -0.00459. The SMILES string of the molecule is CCN(CCN1C(=O)CCC1=O)CC1CCCN1. The van der Waals surface area contributed by atoms with Crippen molar-refractivity contribution in [1.82, 2.24) is 15.1 Å². The van der Waals surface area contributed by atoms with Gasteiger partial charge in [-0.2, -0.15) is 0 Å². The lowest BCUT2D eigenvalue weighted by molar-refractivity contribution is -0.138. The molecule has 0 spiro atoms. The van der Waals surface area contributed by atoms with Gasteiger partial charge in [-0.25, -0.2) is 0 Å². The molecule has 2 rings (SSSR count). The fraction of sp³-hybridized carbons (Fsp3) is 0.846. The minimum Gasteiger partial charge on any atom is -0.313 e. The number of hydrogen-bond acceptors (Lipinski definition) is 4. The Hall–Kier alpha value is -0.940. The predicted molar refractivity (Wildman–Crippen MR) is 69.1 cm³/mol. The van der Waals surface area contributed by atoms with E-state index in [9.17, 15) is 9.59 Å². The molecule has 1 unspecified atom stereocenters. The van der Waals surface area contributed by atoms with Crippen LogP contribution in [0.2, 0.25) is 0 Å². The predicted octanol–water partition coefficient (Wildman–Crippen LogP) is 0.209. The molecule has 2 aliphatic heterocycles. The second-order valence-corrected chi connectivity index (χ2v) is 5.13. The summed E-state index contributed by atoms with van der Waals surface area (Å²) >= 11 is 0. The number of carbonyl (C=O) groups is 2. The second-order valence-electron chi connectivity index (χ2n) is 5.13. The van der Waals surface area contributed by atoms with Gasteiger partial charge in [-0.05, 0) is 25.9 Å². The zero-order chi connectivity index (χ0) is 13.0. The topological polar surface area (TPSA) is 52.7 Å². The van der Waals surface area contributed by atoms with Crippen LogP contribution in [0.5, 0.6) is 0 Å². The number of imide groups is 1. The van der Waals surface area contributed by atoms with Gasteiger partial charge in [0.2, 0.25) is 11.8 Å². The Bertz CT molecular complexity index is 297. The number of likely N-dealkylation sites (tertiary alicyclic amines) is 1. The normalized spacial score (nSPS) is 24.6. The van der Waals surface area contributed by atoms with Crippen molar-refractivity contribution >= 4 is 11.8 Å². The van der Waals surface area contributed by atoms with Gasteiger partial charge in [-0.3, -0.25) is 14.5 Å². The molecular formula is C13H23N3O2. The van der Waals surface area contributed by atoms with Gasteiger partial charge < -0.3 is 10.2 Å². The molecule has 0 aromatic carbocycles. The summed E-state index contributed by atoms with van der Waals surface area (Å²) in [6.07, 6.45) is 3.29. The van der Waals surface area contributed by atoms with Crippen LogP contribution >= 0.6 is 0 Å². The fourth-order valence-corrected chi connectivity index (χ4v) is 2.72. The first-order chi connectivity index (χ1) is 8.70. The first-order valence-electron chi connectivity index (χ1n) is 6.99. The van der Waals surface area contributed by atoms with Gasteiger partial charge in [0.05, 0.1) is 0 Å². The van der Waals surface area contributed by atoms with Crippen LogP contribution in [0.3, 0.4) is 0 Å². The van der Waals surface area contributed by atoms with Gasteiger partial charge in [0.1, 0.15) is 0 Å². The highest BCUT2D eigenvalue weighted by atomic mass is 16.2. The Balaban J connectivity index is 1.75. The molecule has 0 radical (unpaired) electrons. The summed E-state index contributed by atoms with van der Waals surface area (Å²) in [6, 6.07) is 0.579. The Kier molecular flexibility index (Phi) is 4.72. The highest BCUT2D eigenvalue weighted by Crippen LogP contribution is 2.12. The van der Waals surface area contributed by atoms with Gasteiger partial charge >= 0.3 is 0 Å². The molecule has 102 valence electrons. The average Bonchev–Trinajstić information content (AvgIpc) is 2.97. The van der Waals surface area contributed by atoms with E-state index in [1.165, 1.54) is 17.7 Å².